The van der Waals surface area contributed by atoms with Crippen molar-refractivity contribution in [3.8, 4) is 0 Å². The maximum atomic E-state index is 12.8. The van der Waals surface area contributed by atoms with Crippen LogP contribution in [0.2, 0.25) is 0 Å². The molecule has 2 aromatic rings. The number of hydrogen-bond donors (Lipinski definition) is 4. The molecule has 3 aliphatic rings. The van der Waals surface area contributed by atoms with Gasteiger partial charge >= 0.3 is 0 Å². The quantitative estimate of drug-likeness (QED) is 0.204. The summed E-state index contributed by atoms with van der Waals surface area (Å²) in [6.07, 6.45) is 6.94. The van der Waals surface area contributed by atoms with E-state index in [1.54, 1.807) is 6.07 Å². The minimum atomic E-state index is -0.692. The number of carbonyl (C=O) groups excluding carboxylic acids is 2. The molecule has 5 rings (SSSR count). The number of carbonyl (C=O) groups is 2. The zero-order chi connectivity index (χ0) is 27.2. The third-order valence-corrected chi connectivity index (χ3v) is 7.93. The largest absolute Gasteiger partial charge is 0.411 e. The summed E-state index contributed by atoms with van der Waals surface area (Å²) in [4.78, 5) is 38.0. The lowest BCUT2D eigenvalue weighted by molar-refractivity contribution is -0.133. The van der Waals surface area contributed by atoms with Gasteiger partial charge in [0.25, 0.3) is 5.91 Å². The van der Waals surface area contributed by atoms with Crippen molar-refractivity contribution in [3.63, 3.8) is 0 Å². The first kappa shape index (κ1) is 27.0. The molecule has 208 valence electrons. The van der Waals surface area contributed by atoms with Gasteiger partial charge < -0.3 is 25.8 Å². The molecule has 1 aromatic carbocycles. The normalized spacial score (nSPS) is 21.3. The number of aliphatic hydroxyl groups excluding tert-OH is 1. The number of β-amino-alcohol motifs (C(OH)–C–C–N with tert-alkyl or cyclic N) is 1. The number of anilines is 1. The Bertz CT molecular complexity index is 1200. The minimum absolute atomic E-state index is 0.00617. The zero-order valence-corrected chi connectivity index (χ0v) is 22.1. The van der Waals surface area contributed by atoms with Gasteiger partial charge in [0, 0.05) is 63.2 Å². The van der Waals surface area contributed by atoms with E-state index in [2.05, 4.69) is 48.9 Å². The molecule has 1 aromatic heterocycles. The van der Waals surface area contributed by atoms with E-state index < -0.39 is 6.10 Å². The molecule has 2 fully saturated rings. The molecule has 2 aliphatic heterocycles. The molecule has 0 spiro atoms. The molecular weight excluding hydrogens is 498 g/mol. The van der Waals surface area contributed by atoms with Crippen molar-refractivity contribution in [1.29, 1.82) is 0 Å². The third-order valence-electron chi connectivity index (χ3n) is 7.93. The molecule has 11 nitrogen and oxygen atoms in total. The van der Waals surface area contributed by atoms with Crippen LogP contribution >= 0.6 is 0 Å². The number of piperidine rings is 1. The fourth-order valence-corrected chi connectivity index (χ4v) is 5.51. The van der Waals surface area contributed by atoms with E-state index in [1.807, 2.05) is 11.0 Å². The van der Waals surface area contributed by atoms with Gasteiger partial charge in [-0.05, 0) is 43.2 Å². The highest BCUT2D eigenvalue weighted by Gasteiger charge is 2.44. The highest BCUT2D eigenvalue weighted by Crippen LogP contribution is 2.47. The van der Waals surface area contributed by atoms with E-state index in [0.29, 0.717) is 31.9 Å². The second-order valence-corrected chi connectivity index (χ2v) is 11.0. The summed E-state index contributed by atoms with van der Waals surface area (Å²) in [6.45, 7) is 3.54. The Balaban J connectivity index is 1.08. The molecule has 1 unspecified atom stereocenters. The van der Waals surface area contributed by atoms with E-state index in [4.69, 9.17) is 5.21 Å². The first-order valence-electron chi connectivity index (χ1n) is 13.7. The summed E-state index contributed by atoms with van der Waals surface area (Å²) in [6, 6.07) is 9.97. The van der Waals surface area contributed by atoms with Gasteiger partial charge in [0.05, 0.1) is 12.3 Å². The van der Waals surface area contributed by atoms with E-state index in [-0.39, 0.29) is 35.5 Å². The number of oxime groups is 1. The van der Waals surface area contributed by atoms with Crippen LogP contribution in [0.5, 0.6) is 0 Å². The molecule has 2 atom stereocenters. The van der Waals surface area contributed by atoms with Gasteiger partial charge in [-0.15, -0.1) is 5.16 Å². The number of likely N-dealkylation sites (tertiary alicyclic amines) is 1. The van der Waals surface area contributed by atoms with Crippen LogP contribution in [0.3, 0.4) is 0 Å². The smallest absolute Gasteiger partial charge is 0.270 e. The van der Waals surface area contributed by atoms with Gasteiger partial charge in [-0.1, -0.05) is 24.3 Å². The fourth-order valence-electron chi connectivity index (χ4n) is 5.51. The lowest BCUT2D eigenvalue weighted by Gasteiger charge is -2.34. The lowest BCUT2D eigenvalue weighted by atomic mass is 10.00. The number of nitrogens with one attached hydrogen (secondary N) is 2. The summed E-state index contributed by atoms with van der Waals surface area (Å²) >= 11 is 0. The van der Waals surface area contributed by atoms with E-state index in [0.717, 1.165) is 45.2 Å². The summed E-state index contributed by atoms with van der Waals surface area (Å²) in [5.74, 6) is 0.214. The van der Waals surface area contributed by atoms with E-state index >= 15 is 0 Å². The Morgan fingerprint density at radius 2 is 2.03 bits per heavy atom. The molecular formula is C28H37N7O4. The molecule has 4 N–H and O–H groups in total. The van der Waals surface area contributed by atoms with Crippen LogP contribution in [0.25, 0.3) is 0 Å². The van der Waals surface area contributed by atoms with Gasteiger partial charge in [0.15, 0.2) is 0 Å². The molecule has 0 radical (unpaired) electrons. The predicted molar refractivity (Wildman–Crippen MR) is 146 cm³/mol. The SMILES string of the molecule is O=C(NC[C@H](O)CN1CCc2ccccc2C1)c1cc(NC2CCCN(C(=O)CC3(/C=N\O)CC3)C2)ncn1. The van der Waals surface area contributed by atoms with Crippen LogP contribution in [0.4, 0.5) is 5.82 Å². The monoisotopic (exact) mass is 535 g/mol. The van der Waals surface area contributed by atoms with Crippen molar-refractivity contribution < 1.29 is 19.9 Å². The number of rotatable bonds is 10. The second kappa shape index (κ2) is 12.1. The Kier molecular flexibility index (Phi) is 8.37. The molecule has 1 saturated carbocycles. The topological polar surface area (TPSA) is 143 Å². The maximum Gasteiger partial charge on any atom is 0.270 e. The molecule has 1 aliphatic carbocycles. The van der Waals surface area contributed by atoms with Crippen molar-refractivity contribution in [3.05, 3.63) is 53.5 Å². The lowest BCUT2D eigenvalue weighted by Crippen LogP contribution is -2.46. The van der Waals surface area contributed by atoms with Crippen LogP contribution in [-0.2, 0) is 17.8 Å². The number of fused-ring (bicyclic) bond motifs is 1. The standard InChI is InChI=1S/C28H37N7O4/c36-23(17-34-11-7-20-4-1-2-5-21(20)15-34)14-29-27(38)24-12-25(31-19-30-24)33-22-6-3-10-35(16-22)26(37)13-28(8-9-28)18-32-39/h1-2,4-5,12,18-19,22-23,36,39H,3,6-11,13-17H2,(H,29,38)(H,30,31,33)/b32-18-/t22?,23-/m0/s1. The summed E-state index contributed by atoms with van der Waals surface area (Å²) in [5.41, 5.74) is 2.58. The molecule has 11 heteroatoms. The van der Waals surface area contributed by atoms with Crippen molar-refractivity contribution in [2.45, 2.75) is 57.2 Å². The Morgan fingerprint density at radius 1 is 1.21 bits per heavy atom. The van der Waals surface area contributed by atoms with Crippen molar-refractivity contribution in [2.75, 3.05) is 38.0 Å². The number of aromatic nitrogens is 2. The first-order valence-corrected chi connectivity index (χ1v) is 13.7. The van der Waals surface area contributed by atoms with Crippen molar-refractivity contribution in [2.24, 2.45) is 10.6 Å². The average molecular weight is 536 g/mol. The van der Waals surface area contributed by atoms with E-state index in [1.165, 1.54) is 23.7 Å². The Morgan fingerprint density at radius 3 is 2.82 bits per heavy atom. The Labute approximate surface area is 228 Å². The minimum Gasteiger partial charge on any atom is -0.411 e. The van der Waals surface area contributed by atoms with Crippen molar-refractivity contribution >= 4 is 23.8 Å². The van der Waals surface area contributed by atoms with Gasteiger partial charge in [-0.25, -0.2) is 9.97 Å². The maximum absolute atomic E-state index is 12.8. The summed E-state index contributed by atoms with van der Waals surface area (Å²) < 4.78 is 0. The fraction of sp³-hybridized carbons (Fsp3) is 0.536. The van der Waals surface area contributed by atoms with Gasteiger partial charge in [-0.2, -0.15) is 0 Å². The summed E-state index contributed by atoms with van der Waals surface area (Å²) in [5, 5.41) is 28.7. The van der Waals surface area contributed by atoms with Crippen LogP contribution in [-0.4, -0.2) is 93.0 Å². The second-order valence-electron chi connectivity index (χ2n) is 11.0. The van der Waals surface area contributed by atoms with Gasteiger partial charge in [0.1, 0.15) is 17.8 Å². The molecule has 39 heavy (non-hydrogen) atoms. The predicted octanol–water partition coefficient (Wildman–Crippen LogP) is 1.66. The van der Waals surface area contributed by atoms with Crippen LogP contribution < -0.4 is 10.6 Å². The van der Waals surface area contributed by atoms with Crippen LogP contribution in [0.1, 0.15) is 53.7 Å². The number of amides is 2. The average Bonchev–Trinajstić information content (AvgIpc) is 3.70. The van der Waals surface area contributed by atoms with Crippen LogP contribution in [0.15, 0.2) is 41.8 Å². The highest BCUT2D eigenvalue weighted by molar-refractivity contribution is 5.92. The molecule has 3 heterocycles. The highest BCUT2D eigenvalue weighted by atomic mass is 16.4. The van der Waals surface area contributed by atoms with Gasteiger partial charge in [-0.3, -0.25) is 14.5 Å². The molecule has 1 saturated heterocycles. The Hall–Kier alpha value is -3.57. The van der Waals surface area contributed by atoms with Crippen LogP contribution in [0, 0.1) is 5.41 Å². The zero-order valence-electron chi connectivity index (χ0n) is 22.1. The number of benzene rings is 1. The van der Waals surface area contributed by atoms with Gasteiger partial charge in [0.2, 0.25) is 5.91 Å². The van der Waals surface area contributed by atoms with Crippen molar-refractivity contribution in [1.82, 2.24) is 25.1 Å². The summed E-state index contributed by atoms with van der Waals surface area (Å²) in [7, 11) is 0. The number of aliphatic hydroxyl groups is 1. The first-order chi connectivity index (χ1) is 18.9. The van der Waals surface area contributed by atoms with E-state index in [9.17, 15) is 14.7 Å². The molecule has 2 amide bonds. The molecule has 0 bridgehead atoms. The third kappa shape index (κ3) is 7.10. The number of nitrogens with zero attached hydrogens (tertiary/aromatic N) is 5. The number of hydrogen-bond acceptors (Lipinski definition) is 9.